The van der Waals surface area contributed by atoms with Crippen LogP contribution in [0.15, 0.2) is 42.5 Å². The monoisotopic (exact) mass is 381 g/mol. The van der Waals surface area contributed by atoms with Crippen LogP contribution in [-0.4, -0.2) is 30.6 Å². The van der Waals surface area contributed by atoms with Crippen molar-refractivity contribution in [3.8, 4) is 5.75 Å². The van der Waals surface area contributed by atoms with Crippen LogP contribution in [0.25, 0.3) is 0 Å². The molecule has 0 radical (unpaired) electrons. The first-order valence-electron chi connectivity index (χ1n) is 8.03. The number of nitrogens with one attached hydrogen (secondary N) is 1. The normalized spacial score (nSPS) is 11.1. The number of halogens is 3. The molecule has 144 valence electrons. The Bertz CT molecular complexity index is 834. The SMILES string of the molecule is COc1cc(C(=O)O)ccc1CCNC(=O)Cc1cccc(C(F)(F)F)c1. The van der Waals surface area contributed by atoms with Crippen molar-refractivity contribution in [2.75, 3.05) is 13.7 Å². The molecule has 8 heteroatoms. The fourth-order valence-electron chi connectivity index (χ4n) is 2.53. The highest BCUT2D eigenvalue weighted by Gasteiger charge is 2.30. The second-order valence-electron chi connectivity index (χ2n) is 5.81. The Hall–Kier alpha value is -3.03. The van der Waals surface area contributed by atoms with E-state index in [-0.39, 0.29) is 24.1 Å². The predicted molar refractivity (Wildman–Crippen MR) is 91.8 cm³/mol. The van der Waals surface area contributed by atoms with Gasteiger partial charge in [0.15, 0.2) is 0 Å². The summed E-state index contributed by atoms with van der Waals surface area (Å²) in [5, 5.41) is 11.6. The van der Waals surface area contributed by atoms with E-state index in [1.165, 1.54) is 31.4 Å². The minimum atomic E-state index is -4.45. The quantitative estimate of drug-likeness (QED) is 0.772. The van der Waals surface area contributed by atoms with Crippen molar-refractivity contribution >= 4 is 11.9 Å². The molecular formula is C19H18F3NO4. The van der Waals surface area contributed by atoms with Crippen LogP contribution in [0.3, 0.4) is 0 Å². The molecule has 0 aliphatic rings. The number of benzene rings is 2. The van der Waals surface area contributed by atoms with Crippen molar-refractivity contribution in [2.24, 2.45) is 0 Å². The van der Waals surface area contributed by atoms with Crippen LogP contribution in [-0.2, 0) is 23.8 Å². The standard InChI is InChI=1S/C19H18F3NO4/c1-27-16-11-14(18(25)26)6-5-13(16)7-8-23-17(24)10-12-3-2-4-15(9-12)19(20,21)22/h2-6,9,11H,7-8,10H2,1H3,(H,23,24)(H,25,26). The van der Waals surface area contributed by atoms with E-state index in [1.54, 1.807) is 6.07 Å². The summed E-state index contributed by atoms with van der Waals surface area (Å²) in [4.78, 5) is 22.9. The van der Waals surface area contributed by atoms with Crippen LogP contribution in [0.1, 0.15) is 27.0 Å². The van der Waals surface area contributed by atoms with Crippen molar-refractivity contribution in [2.45, 2.75) is 19.0 Å². The summed E-state index contributed by atoms with van der Waals surface area (Å²) in [6.45, 7) is 0.237. The lowest BCUT2D eigenvalue weighted by atomic mass is 10.1. The van der Waals surface area contributed by atoms with Gasteiger partial charge in [0.05, 0.1) is 24.7 Å². The lowest BCUT2D eigenvalue weighted by Gasteiger charge is -2.11. The Morgan fingerprint density at radius 3 is 2.52 bits per heavy atom. The molecule has 2 rings (SSSR count). The molecule has 27 heavy (non-hydrogen) atoms. The van der Waals surface area contributed by atoms with E-state index in [2.05, 4.69) is 5.32 Å². The first-order chi connectivity index (χ1) is 12.7. The van der Waals surface area contributed by atoms with Gasteiger partial charge in [-0.25, -0.2) is 4.79 Å². The van der Waals surface area contributed by atoms with E-state index >= 15 is 0 Å². The van der Waals surface area contributed by atoms with Crippen molar-refractivity contribution < 1.29 is 32.6 Å². The Balaban J connectivity index is 1.92. The number of rotatable bonds is 7. The second-order valence-corrected chi connectivity index (χ2v) is 5.81. The number of alkyl halides is 3. The van der Waals surface area contributed by atoms with E-state index in [9.17, 15) is 22.8 Å². The summed E-state index contributed by atoms with van der Waals surface area (Å²) in [6, 6.07) is 9.05. The van der Waals surface area contributed by atoms with Gasteiger partial charge in [-0.05, 0) is 35.7 Å². The topological polar surface area (TPSA) is 75.6 Å². The average Bonchev–Trinajstić information content (AvgIpc) is 2.61. The number of carbonyl (C=O) groups is 2. The van der Waals surface area contributed by atoms with Gasteiger partial charge in [-0.3, -0.25) is 4.79 Å². The maximum atomic E-state index is 12.7. The Labute approximate surface area is 153 Å². The second kappa shape index (κ2) is 8.57. The number of carboxylic acids is 1. The van der Waals surface area contributed by atoms with E-state index in [0.29, 0.717) is 17.7 Å². The molecule has 0 fully saturated rings. The average molecular weight is 381 g/mol. The van der Waals surface area contributed by atoms with Crippen molar-refractivity contribution in [3.05, 3.63) is 64.7 Å². The van der Waals surface area contributed by atoms with Crippen molar-refractivity contribution in [1.29, 1.82) is 0 Å². The molecule has 2 aromatic rings. The number of hydrogen-bond acceptors (Lipinski definition) is 3. The molecule has 0 aliphatic heterocycles. The zero-order valence-corrected chi connectivity index (χ0v) is 14.5. The molecule has 0 heterocycles. The minimum absolute atomic E-state index is 0.0872. The third-order valence-electron chi connectivity index (χ3n) is 3.87. The van der Waals surface area contributed by atoms with Crippen LogP contribution in [0.5, 0.6) is 5.75 Å². The predicted octanol–water partition coefficient (Wildman–Crippen LogP) is 3.31. The van der Waals surface area contributed by atoms with E-state index < -0.39 is 23.6 Å². The number of carbonyl (C=O) groups excluding carboxylic acids is 1. The van der Waals surface area contributed by atoms with Gasteiger partial charge in [-0.15, -0.1) is 0 Å². The van der Waals surface area contributed by atoms with Gasteiger partial charge in [-0.1, -0.05) is 24.3 Å². The Kier molecular flexibility index (Phi) is 6.44. The summed E-state index contributed by atoms with van der Waals surface area (Å²) >= 11 is 0. The van der Waals surface area contributed by atoms with Gasteiger partial charge in [0, 0.05) is 6.54 Å². The number of amides is 1. The Morgan fingerprint density at radius 1 is 1.15 bits per heavy atom. The molecule has 0 saturated heterocycles. The summed E-state index contributed by atoms with van der Waals surface area (Å²) in [7, 11) is 1.41. The first-order valence-corrected chi connectivity index (χ1v) is 8.03. The molecular weight excluding hydrogens is 363 g/mol. The van der Waals surface area contributed by atoms with Gasteiger partial charge in [0.25, 0.3) is 0 Å². The van der Waals surface area contributed by atoms with Crippen molar-refractivity contribution in [3.63, 3.8) is 0 Å². The molecule has 2 N–H and O–H groups in total. The molecule has 5 nitrogen and oxygen atoms in total. The van der Waals surface area contributed by atoms with Gasteiger partial charge in [0.2, 0.25) is 5.91 Å². The minimum Gasteiger partial charge on any atom is -0.496 e. The fraction of sp³-hybridized carbons (Fsp3) is 0.263. The third-order valence-corrected chi connectivity index (χ3v) is 3.87. The van der Waals surface area contributed by atoms with Crippen LogP contribution >= 0.6 is 0 Å². The smallest absolute Gasteiger partial charge is 0.416 e. The molecule has 0 unspecified atom stereocenters. The number of aromatic carboxylic acids is 1. The lowest BCUT2D eigenvalue weighted by molar-refractivity contribution is -0.137. The van der Waals surface area contributed by atoms with Gasteiger partial charge in [-0.2, -0.15) is 13.2 Å². The summed E-state index contributed by atoms with van der Waals surface area (Å²) in [5.41, 5.74) is 0.271. The summed E-state index contributed by atoms with van der Waals surface area (Å²) in [5.74, 6) is -1.09. The fourth-order valence-corrected chi connectivity index (χ4v) is 2.53. The van der Waals surface area contributed by atoms with E-state index in [0.717, 1.165) is 12.1 Å². The molecule has 0 aliphatic carbocycles. The maximum absolute atomic E-state index is 12.7. The van der Waals surface area contributed by atoms with E-state index in [1.807, 2.05) is 0 Å². The van der Waals surface area contributed by atoms with E-state index in [4.69, 9.17) is 9.84 Å². The van der Waals surface area contributed by atoms with Crippen LogP contribution < -0.4 is 10.1 Å². The molecule has 0 atom stereocenters. The summed E-state index contributed by atoms with van der Waals surface area (Å²) < 4.78 is 43.2. The highest BCUT2D eigenvalue weighted by atomic mass is 19.4. The number of ether oxygens (including phenoxy) is 1. The first kappa shape index (κ1) is 20.3. The highest BCUT2D eigenvalue weighted by Crippen LogP contribution is 2.29. The number of methoxy groups -OCH3 is 1. The largest absolute Gasteiger partial charge is 0.496 e. The number of carboxylic acid groups (broad SMARTS) is 1. The van der Waals surface area contributed by atoms with Gasteiger partial charge >= 0.3 is 12.1 Å². The molecule has 1 amide bonds. The van der Waals surface area contributed by atoms with Crippen LogP contribution in [0.4, 0.5) is 13.2 Å². The lowest BCUT2D eigenvalue weighted by Crippen LogP contribution is -2.27. The zero-order valence-electron chi connectivity index (χ0n) is 14.5. The summed E-state index contributed by atoms with van der Waals surface area (Å²) in [6.07, 6.45) is -4.23. The number of hydrogen-bond donors (Lipinski definition) is 2. The maximum Gasteiger partial charge on any atom is 0.416 e. The third kappa shape index (κ3) is 5.73. The van der Waals surface area contributed by atoms with Crippen LogP contribution in [0, 0.1) is 0 Å². The zero-order chi connectivity index (χ0) is 20.0. The molecule has 0 bridgehead atoms. The molecule has 2 aromatic carbocycles. The molecule has 0 saturated carbocycles. The van der Waals surface area contributed by atoms with Crippen LogP contribution in [0.2, 0.25) is 0 Å². The Morgan fingerprint density at radius 2 is 1.89 bits per heavy atom. The van der Waals surface area contributed by atoms with Gasteiger partial charge in [0.1, 0.15) is 5.75 Å². The van der Waals surface area contributed by atoms with Crippen molar-refractivity contribution in [1.82, 2.24) is 5.32 Å². The molecule has 0 spiro atoms. The van der Waals surface area contributed by atoms with Gasteiger partial charge < -0.3 is 15.2 Å². The molecule has 0 aromatic heterocycles. The highest BCUT2D eigenvalue weighted by molar-refractivity contribution is 5.88.